The topological polar surface area (TPSA) is 151 Å². The molecule has 6 N–H and O–H groups in total. The summed E-state index contributed by atoms with van der Waals surface area (Å²) < 4.78 is 0. The second kappa shape index (κ2) is 14.6. The van der Waals surface area contributed by atoms with Gasteiger partial charge in [0.05, 0.1) is 6.04 Å². The molecule has 1 rings (SSSR count). The average Bonchev–Trinajstić information content (AvgIpc) is 2.79. The zero-order chi connectivity index (χ0) is 25.8. The summed E-state index contributed by atoms with van der Waals surface area (Å²) in [6.45, 7) is 7.52. The molecule has 1 aromatic rings. The third-order valence-electron chi connectivity index (χ3n) is 5.57. The van der Waals surface area contributed by atoms with Crippen molar-refractivity contribution in [2.24, 2.45) is 17.6 Å². The lowest BCUT2D eigenvalue weighted by molar-refractivity contribution is -0.142. The van der Waals surface area contributed by atoms with Gasteiger partial charge in [0.15, 0.2) is 0 Å². The number of carbonyl (C=O) groups excluding carboxylic acids is 3. The summed E-state index contributed by atoms with van der Waals surface area (Å²) >= 11 is 4.16. The van der Waals surface area contributed by atoms with Crippen LogP contribution in [-0.2, 0) is 25.6 Å². The Morgan fingerprint density at radius 2 is 1.53 bits per heavy atom. The smallest absolute Gasteiger partial charge is 0.326 e. The van der Waals surface area contributed by atoms with Crippen LogP contribution in [0, 0.1) is 11.8 Å². The first-order chi connectivity index (χ1) is 16.0. The molecule has 10 heteroatoms. The minimum atomic E-state index is -1.17. The van der Waals surface area contributed by atoms with E-state index in [0.29, 0.717) is 12.8 Å². The fraction of sp³-hybridized carbons (Fsp3) is 0.583. The van der Waals surface area contributed by atoms with Crippen LogP contribution in [-0.4, -0.2) is 58.7 Å². The largest absolute Gasteiger partial charge is 0.480 e. The molecule has 0 radical (unpaired) electrons. The Morgan fingerprint density at radius 3 is 2.03 bits per heavy atom. The zero-order valence-electron chi connectivity index (χ0n) is 20.3. The first kappa shape index (κ1) is 29.4. The first-order valence-electron chi connectivity index (χ1n) is 11.5. The van der Waals surface area contributed by atoms with Crippen LogP contribution in [0.15, 0.2) is 30.3 Å². The van der Waals surface area contributed by atoms with E-state index in [9.17, 15) is 24.3 Å². The predicted molar refractivity (Wildman–Crippen MR) is 134 cm³/mol. The SMILES string of the molecule is CCC(C)C(NC(=O)C(CS)NC(=O)C(N)CC(C)C)C(=O)NC(Cc1ccccc1)C(=O)O. The van der Waals surface area contributed by atoms with Gasteiger partial charge in [-0.25, -0.2) is 4.79 Å². The lowest BCUT2D eigenvalue weighted by Crippen LogP contribution is -2.59. The fourth-order valence-corrected chi connectivity index (χ4v) is 3.61. The molecule has 34 heavy (non-hydrogen) atoms. The average molecular weight is 495 g/mol. The molecule has 0 aliphatic rings. The minimum absolute atomic E-state index is 0.00652. The van der Waals surface area contributed by atoms with Gasteiger partial charge in [-0.05, 0) is 23.8 Å². The van der Waals surface area contributed by atoms with Crippen molar-refractivity contribution in [2.45, 2.75) is 71.1 Å². The molecular weight excluding hydrogens is 456 g/mol. The molecule has 0 saturated carbocycles. The van der Waals surface area contributed by atoms with Gasteiger partial charge in [-0.3, -0.25) is 14.4 Å². The summed E-state index contributed by atoms with van der Waals surface area (Å²) in [4.78, 5) is 50.0. The molecule has 9 nitrogen and oxygen atoms in total. The molecule has 0 aromatic heterocycles. The molecule has 0 spiro atoms. The maximum absolute atomic E-state index is 13.0. The highest BCUT2D eigenvalue weighted by Gasteiger charge is 2.32. The normalized spacial score (nSPS) is 15.5. The molecule has 0 saturated heterocycles. The number of aliphatic carboxylic acids is 1. The number of carboxylic acid groups (broad SMARTS) is 1. The summed E-state index contributed by atoms with van der Waals surface area (Å²) in [7, 11) is 0. The second-order valence-corrected chi connectivity index (χ2v) is 9.31. The Labute approximate surface area is 207 Å². The number of nitrogens with one attached hydrogen (secondary N) is 3. The summed E-state index contributed by atoms with van der Waals surface area (Å²) in [5.41, 5.74) is 6.66. The van der Waals surface area contributed by atoms with E-state index in [1.165, 1.54) is 0 Å². The maximum Gasteiger partial charge on any atom is 0.326 e. The molecular formula is C24H38N4O5S. The van der Waals surface area contributed by atoms with E-state index < -0.39 is 47.9 Å². The van der Waals surface area contributed by atoms with E-state index >= 15 is 0 Å². The number of benzene rings is 1. The van der Waals surface area contributed by atoms with Gasteiger partial charge in [0.25, 0.3) is 0 Å². The molecule has 0 aliphatic carbocycles. The number of nitrogens with two attached hydrogens (primary N) is 1. The van der Waals surface area contributed by atoms with Gasteiger partial charge in [0.2, 0.25) is 17.7 Å². The number of hydrogen-bond acceptors (Lipinski definition) is 6. The van der Waals surface area contributed by atoms with Crippen molar-refractivity contribution in [2.75, 3.05) is 5.75 Å². The van der Waals surface area contributed by atoms with Crippen LogP contribution >= 0.6 is 12.6 Å². The van der Waals surface area contributed by atoms with Crippen LogP contribution in [0.25, 0.3) is 0 Å². The van der Waals surface area contributed by atoms with Crippen molar-refractivity contribution in [1.82, 2.24) is 16.0 Å². The van der Waals surface area contributed by atoms with E-state index in [1.54, 1.807) is 31.2 Å². The van der Waals surface area contributed by atoms with Crippen LogP contribution in [0.5, 0.6) is 0 Å². The number of thiol groups is 1. The van der Waals surface area contributed by atoms with Crippen LogP contribution in [0.4, 0.5) is 0 Å². The van der Waals surface area contributed by atoms with E-state index in [4.69, 9.17) is 5.73 Å². The number of amides is 3. The molecule has 190 valence electrons. The Bertz CT molecular complexity index is 821. The van der Waals surface area contributed by atoms with Crippen LogP contribution in [0.3, 0.4) is 0 Å². The Hall–Kier alpha value is -2.59. The summed E-state index contributed by atoms with van der Waals surface area (Å²) in [5, 5.41) is 17.4. The lowest BCUT2D eigenvalue weighted by Gasteiger charge is -2.28. The van der Waals surface area contributed by atoms with Crippen molar-refractivity contribution in [3.63, 3.8) is 0 Å². The number of carbonyl (C=O) groups is 4. The zero-order valence-corrected chi connectivity index (χ0v) is 21.2. The van der Waals surface area contributed by atoms with Crippen molar-refractivity contribution < 1.29 is 24.3 Å². The highest BCUT2D eigenvalue weighted by molar-refractivity contribution is 7.80. The van der Waals surface area contributed by atoms with E-state index in [-0.39, 0.29) is 24.0 Å². The van der Waals surface area contributed by atoms with Gasteiger partial charge in [0.1, 0.15) is 18.1 Å². The summed E-state index contributed by atoms with van der Waals surface area (Å²) in [6, 6.07) is 5.05. The van der Waals surface area contributed by atoms with Gasteiger partial charge >= 0.3 is 5.97 Å². The standard InChI is InChI=1S/C24H38N4O5S/c1-5-15(4)20(23(31)26-18(24(32)33)12-16-9-7-6-8-10-16)28-22(30)19(13-34)27-21(29)17(25)11-14(2)3/h6-10,14-15,17-20,34H,5,11-13,25H2,1-4H3,(H,26,31)(H,27,29)(H,28,30)(H,32,33). The third kappa shape index (κ3) is 9.72. The van der Waals surface area contributed by atoms with Crippen molar-refractivity contribution in [1.29, 1.82) is 0 Å². The maximum atomic E-state index is 13.0. The van der Waals surface area contributed by atoms with Gasteiger partial charge < -0.3 is 26.8 Å². The minimum Gasteiger partial charge on any atom is -0.480 e. The Balaban J connectivity index is 2.91. The Kier molecular flexibility index (Phi) is 12.7. The fourth-order valence-electron chi connectivity index (χ4n) is 3.35. The highest BCUT2D eigenvalue weighted by Crippen LogP contribution is 2.11. The number of carboxylic acids is 1. The van der Waals surface area contributed by atoms with Crippen molar-refractivity contribution in [3.05, 3.63) is 35.9 Å². The third-order valence-corrected chi connectivity index (χ3v) is 5.93. The molecule has 0 fully saturated rings. The van der Waals surface area contributed by atoms with Crippen LogP contribution < -0.4 is 21.7 Å². The van der Waals surface area contributed by atoms with E-state index in [2.05, 4.69) is 28.6 Å². The monoisotopic (exact) mass is 494 g/mol. The van der Waals surface area contributed by atoms with E-state index in [1.807, 2.05) is 26.8 Å². The molecule has 0 heterocycles. The van der Waals surface area contributed by atoms with Gasteiger partial charge in [-0.1, -0.05) is 64.4 Å². The van der Waals surface area contributed by atoms with Crippen LogP contribution in [0.2, 0.25) is 0 Å². The quantitative estimate of drug-likeness (QED) is 0.213. The molecule has 1 aromatic carbocycles. The molecule has 3 amide bonds. The lowest BCUT2D eigenvalue weighted by atomic mass is 9.97. The predicted octanol–water partition coefficient (Wildman–Crippen LogP) is 1.12. The van der Waals surface area contributed by atoms with Crippen molar-refractivity contribution in [3.8, 4) is 0 Å². The second-order valence-electron chi connectivity index (χ2n) is 8.94. The van der Waals surface area contributed by atoms with Gasteiger partial charge in [-0.15, -0.1) is 0 Å². The molecule has 5 unspecified atom stereocenters. The van der Waals surface area contributed by atoms with E-state index in [0.717, 1.165) is 5.56 Å². The molecule has 0 bridgehead atoms. The summed E-state index contributed by atoms with van der Waals surface area (Å²) in [5.74, 6) is -2.91. The van der Waals surface area contributed by atoms with Crippen molar-refractivity contribution >= 4 is 36.3 Å². The number of hydrogen-bond donors (Lipinski definition) is 6. The van der Waals surface area contributed by atoms with Gasteiger partial charge in [0, 0.05) is 12.2 Å². The highest BCUT2D eigenvalue weighted by atomic mass is 32.1. The molecule has 5 atom stereocenters. The number of rotatable bonds is 14. The first-order valence-corrected chi connectivity index (χ1v) is 12.2. The van der Waals surface area contributed by atoms with Gasteiger partial charge in [-0.2, -0.15) is 12.6 Å². The van der Waals surface area contributed by atoms with Crippen LogP contribution in [0.1, 0.15) is 46.1 Å². The Morgan fingerprint density at radius 1 is 0.941 bits per heavy atom. The molecule has 0 aliphatic heterocycles. The summed E-state index contributed by atoms with van der Waals surface area (Å²) in [6.07, 6.45) is 1.13.